The summed E-state index contributed by atoms with van der Waals surface area (Å²) in [5.74, 6) is -2.04. The molecular weight excluding hydrogens is 272 g/mol. The molecule has 4 heteroatoms. The van der Waals surface area contributed by atoms with Crippen LogP contribution in [0.4, 0.5) is 14.5 Å². The van der Waals surface area contributed by atoms with Gasteiger partial charge in [-0.3, -0.25) is 4.79 Å². The van der Waals surface area contributed by atoms with E-state index in [1.54, 1.807) is 0 Å². The number of amides is 1. The number of aryl methyl sites for hydroxylation is 2. The van der Waals surface area contributed by atoms with E-state index in [0.717, 1.165) is 47.9 Å². The highest BCUT2D eigenvalue weighted by atomic mass is 19.1. The summed E-state index contributed by atoms with van der Waals surface area (Å²) in [6, 6.07) is 8.60. The van der Waals surface area contributed by atoms with Crippen LogP contribution in [-0.2, 0) is 12.8 Å². The molecule has 21 heavy (non-hydrogen) atoms. The molecule has 0 aliphatic carbocycles. The molecule has 2 rings (SSSR count). The lowest BCUT2D eigenvalue weighted by Crippen LogP contribution is -2.15. The molecule has 0 bridgehead atoms. The molecule has 110 valence electrons. The Morgan fingerprint density at radius 2 is 1.52 bits per heavy atom. The number of nitrogens with one attached hydrogen (secondary N) is 1. The SMILES string of the molecule is CCc1cccc(CC)c1NC(=O)c1cc(F)cc(F)c1. The van der Waals surface area contributed by atoms with Crippen molar-refractivity contribution < 1.29 is 13.6 Å². The van der Waals surface area contributed by atoms with Gasteiger partial charge < -0.3 is 5.32 Å². The summed E-state index contributed by atoms with van der Waals surface area (Å²) in [5, 5.41) is 2.78. The van der Waals surface area contributed by atoms with Crippen LogP contribution in [-0.4, -0.2) is 5.91 Å². The lowest BCUT2D eigenvalue weighted by atomic mass is 10.0. The van der Waals surface area contributed by atoms with E-state index in [4.69, 9.17) is 0 Å². The maximum absolute atomic E-state index is 13.2. The maximum atomic E-state index is 13.2. The number of hydrogen-bond donors (Lipinski definition) is 1. The quantitative estimate of drug-likeness (QED) is 0.891. The van der Waals surface area contributed by atoms with E-state index in [-0.39, 0.29) is 5.56 Å². The zero-order chi connectivity index (χ0) is 15.4. The van der Waals surface area contributed by atoms with Gasteiger partial charge in [0.15, 0.2) is 0 Å². The first-order chi connectivity index (χ1) is 10.0. The number of carbonyl (C=O) groups excluding carboxylic acids is 1. The van der Waals surface area contributed by atoms with E-state index < -0.39 is 17.5 Å². The van der Waals surface area contributed by atoms with Crippen molar-refractivity contribution in [1.29, 1.82) is 0 Å². The number of carbonyl (C=O) groups is 1. The second kappa shape index (κ2) is 6.48. The van der Waals surface area contributed by atoms with E-state index in [0.29, 0.717) is 0 Å². The first-order valence-corrected chi connectivity index (χ1v) is 6.93. The van der Waals surface area contributed by atoms with Crippen LogP contribution in [0.25, 0.3) is 0 Å². The number of hydrogen-bond acceptors (Lipinski definition) is 1. The summed E-state index contributed by atoms with van der Waals surface area (Å²) in [6.07, 6.45) is 1.53. The predicted octanol–water partition coefficient (Wildman–Crippen LogP) is 4.34. The molecule has 0 atom stereocenters. The Kier molecular flexibility index (Phi) is 4.68. The van der Waals surface area contributed by atoms with E-state index in [2.05, 4.69) is 5.32 Å². The zero-order valence-electron chi connectivity index (χ0n) is 12.0. The van der Waals surface area contributed by atoms with Crippen LogP contribution in [0.15, 0.2) is 36.4 Å². The predicted molar refractivity (Wildman–Crippen MR) is 79.5 cm³/mol. The number of rotatable bonds is 4. The van der Waals surface area contributed by atoms with Crippen molar-refractivity contribution in [3.63, 3.8) is 0 Å². The van der Waals surface area contributed by atoms with Gasteiger partial charge in [0.1, 0.15) is 11.6 Å². The maximum Gasteiger partial charge on any atom is 0.255 e. The molecule has 2 aromatic rings. The third-order valence-corrected chi connectivity index (χ3v) is 3.36. The molecule has 0 saturated carbocycles. The molecule has 0 fully saturated rings. The lowest BCUT2D eigenvalue weighted by molar-refractivity contribution is 0.102. The normalized spacial score (nSPS) is 10.5. The van der Waals surface area contributed by atoms with E-state index >= 15 is 0 Å². The second-order valence-electron chi connectivity index (χ2n) is 4.77. The molecule has 0 aromatic heterocycles. The van der Waals surface area contributed by atoms with Gasteiger partial charge in [0.25, 0.3) is 5.91 Å². The van der Waals surface area contributed by atoms with Gasteiger partial charge in [-0.2, -0.15) is 0 Å². The standard InChI is InChI=1S/C17H17F2NO/c1-3-11-6-5-7-12(4-2)16(11)20-17(21)13-8-14(18)10-15(19)9-13/h5-10H,3-4H2,1-2H3,(H,20,21). The third kappa shape index (κ3) is 3.45. The molecule has 1 amide bonds. The molecule has 0 spiro atoms. The van der Waals surface area contributed by atoms with Crippen molar-refractivity contribution in [1.82, 2.24) is 0 Å². The Morgan fingerprint density at radius 1 is 1.00 bits per heavy atom. The van der Waals surface area contributed by atoms with Crippen LogP contribution in [0.2, 0.25) is 0 Å². The average molecular weight is 289 g/mol. The Labute approximate surface area is 122 Å². The fourth-order valence-electron chi connectivity index (χ4n) is 2.27. The van der Waals surface area contributed by atoms with Crippen LogP contribution < -0.4 is 5.32 Å². The molecule has 0 radical (unpaired) electrons. The fraction of sp³-hybridized carbons (Fsp3) is 0.235. The molecule has 0 saturated heterocycles. The Bertz CT molecular complexity index is 625. The largest absolute Gasteiger partial charge is 0.321 e. The smallest absolute Gasteiger partial charge is 0.255 e. The zero-order valence-corrected chi connectivity index (χ0v) is 12.0. The summed E-state index contributed by atoms with van der Waals surface area (Å²) in [4.78, 5) is 12.2. The van der Waals surface area contributed by atoms with E-state index in [1.165, 1.54) is 0 Å². The first-order valence-electron chi connectivity index (χ1n) is 6.93. The van der Waals surface area contributed by atoms with Gasteiger partial charge in [-0.05, 0) is 36.1 Å². The van der Waals surface area contributed by atoms with Crippen LogP contribution in [0, 0.1) is 11.6 Å². The van der Waals surface area contributed by atoms with E-state index in [9.17, 15) is 13.6 Å². The van der Waals surface area contributed by atoms with Gasteiger partial charge in [-0.25, -0.2) is 8.78 Å². The minimum atomic E-state index is -0.764. The number of para-hydroxylation sites is 1. The molecule has 1 N–H and O–H groups in total. The molecular formula is C17H17F2NO. The van der Waals surface area contributed by atoms with Crippen LogP contribution in [0.3, 0.4) is 0 Å². The highest BCUT2D eigenvalue weighted by molar-refractivity contribution is 6.05. The molecule has 0 aliphatic heterocycles. The fourth-order valence-corrected chi connectivity index (χ4v) is 2.27. The summed E-state index contributed by atoms with van der Waals surface area (Å²) < 4.78 is 26.4. The summed E-state index contributed by atoms with van der Waals surface area (Å²) in [5.41, 5.74) is 2.71. The average Bonchev–Trinajstić information content (AvgIpc) is 2.46. The van der Waals surface area contributed by atoms with Crippen molar-refractivity contribution in [2.45, 2.75) is 26.7 Å². The van der Waals surface area contributed by atoms with Gasteiger partial charge in [-0.1, -0.05) is 32.0 Å². The minimum Gasteiger partial charge on any atom is -0.321 e. The minimum absolute atomic E-state index is 0.0274. The van der Waals surface area contributed by atoms with Crippen molar-refractivity contribution in [2.75, 3.05) is 5.32 Å². The number of anilines is 1. The van der Waals surface area contributed by atoms with Gasteiger partial charge in [0, 0.05) is 17.3 Å². The summed E-state index contributed by atoms with van der Waals surface area (Å²) in [7, 11) is 0. The summed E-state index contributed by atoms with van der Waals surface area (Å²) >= 11 is 0. The molecule has 0 aliphatic rings. The highest BCUT2D eigenvalue weighted by Crippen LogP contribution is 2.23. The number of halogens is 2. The van der Waals surface area contributed by atoms with Crippen molar-refractivity contribution in [2.24, 2.45) is 0 Å². The first kappa shape index (κ1) is 15.2. The van der Waals surface area contributed by atoms with Gasteiger partial charge in [-0.15, -0.1) is 0 Å². The Balaban J connectivity index is 2.35. The van der Waals surface area contributed by atoms with Crippen LogP contribution in [0.1, 0.15) is 35.3 Å². The molecule has 0 heterocycles. The van der Waals surface area contributed by atoms with Crippen molar-refractivity contribution >= 4 is 11.6 Å². The topological polar surface area (TPSA) is 29.1 Å². The molecule has 2 nitrogen and oxygen atoms in total. The third-order valence-electron chi connectivity index (χ3n) is 3.36. The Morgan fingerprint density at radius 3 is 2.00 bits per heavy atom. The van der Waals surface area contributed by atoms with Gasteiger partial charge in [0.05, 0.1) is 0 Å². The van der Waals surface area contributed by atoms with Crippen LogP contribution >= 0.6 is 0 Å². The highest BCUT2D eigenvalue weighted by Gasteiger charge is 2.13. The Hall–Kier alpha value is -2.23. The van der Waals surface area contributed by atoms with Crippen molar-refractivity contribution in [3.8, 4) is 0 Å². The lowest BCUT2D eigenvalue weighted by Gasteiger charge is -2.14. The van der Waals surface area contributed by atoms with Crippen molar-refractivity contribution in [3.05, 3.63) is 64.7 Å². The van der Waals surface area contributed by atoms with Crippen LogP contribution in [0.5, 0.6) is 0 Å². The second-order valence-corrected chi connectivity index (χ2v) is 4.77. The van der Waals surface area contributed by atoms with E-state index in [1.807, 2.05) is 32.0 Å². The van der Waals surface area contributed by atoms with Gasteiger partial charge in [0.2, 0.25) is 0 Å². The summed E-state index contributed by atoms with van der Waals surface area (Å²) in [6.45, 7) is 3.98. The number of benzene rings is 2. The monoisotopic (exact) mass is 289 g/mol. The van der Waals surface area contributed by atoms with Gasteiger partial charge >= 0.3 is 0 Å². The molecule has 0 unspecified atom stereocenters. The molecule has 2 aromatic carbocycles.